The van der Waals surface area contributed by atoms with Gasteiger partial charge in [-0.25, -0.2) is 4.79 Å². The molecule has 1 aliphatic rings. The number of amides is 1. The molecule has 0 saturated carbocycles. The van der Waals surface area contributed by atoms with Crippen molar-refractivity contribution in [3.05, 3.63) is 48.0 Å². The summed E-state index contributed by atoms with van der Waals surface area (Å²) in [5, 5.41) is 21.9. The maximum Gasteiger partial charge on any atom is 0.330 e. The number of fused-ring (bicyclic) bond motifs is 1. The minimum absolute atomic E-state index is 0.145. The van der Waals surface area contributed by atoms with E-state index in [1.807, 2.05) is 30.3 Å². The van der Waals surface area contributed by atoms with E-state index in [4.69, 9.17) is 6.42 Å². The molecule has 132 valence electrons. The van der Waals surface area contributed by atoms with Gasteiger partial charge in [0.1, 0.15) is 0 Å². The van der Waals surface area contributed by atoms with Gasteiger partial charge in [0, 0.05) is 25.7 Å². The van der Waals surface area contributed by atoms with Crippen molar-refractivity contribution in [2.24, 2.45) is 10.2 Å². The number of hydrogen-bond donors (Lipinski definition) is 2. The van der Waals surface area contributed by atoms with Gasteiger partial charge in [0.25, 0.3) is 0 Å². The minimum atomic E-state index is -1.11. The lowest BCUT2D eigenvalue weighted by atomic mass is 9.98. The summed E-state index contributed by atoms with van der Waals surface area (Å²) in [6.45, 7) is 0. The molecule has 6 nitrogen and oxygen atoms in total. The molecular weight excluding hydrogens is 330 g/mol. The maximum absolute atomic E-state index is 12.3. The predicted octanol–water partition coefficient (Wildman–Crippen LogP) is 3.44. The Morgan fingerprint density at radius 2 is 1.88 bits per heavy atom. The van der Waals surface area contributed by atoms with Gasteiger partial charge < -0.3 is 10.4 Å². The Morgan fingerprint density at radius 3 is 2.58 bits per heavy atom. The highest BCUT2D eigenvalue weighted by molar-refractivity contribution is 5.92. The predicted molar refractivity (Wildman–Crippen MR) is 97.4 cm³/mol. The molecule has 26 heavy (non-hydrogen) atoms. The highest BCUT2D eigenvalue weighted by atomic mass is 16.4. The van der Waals surface area contributed by atoms with E-state index in [9.17, 15) is 14.7 Å². The molecule has 1 amide bonds. The van der Waals surface area contributed by atoms with Gasteiger partial charge in [-0.1, -0.05) is 42.5 Å². The van der Waals surface area contributed by atoms with Crippen molar-refractivity contribution < 1.29 is 14.7 Å². The zero-order chi connectivity index (χ0) is 18.6. The van der Waals surface area contributed by atoms with Crippen LogP contribution in [0.25, 0.3) is 10.8 Å². The number of carboxylic acids is 1. The van der Waals surface area contributed by atoms with Crippen LogP contribution in [0.4, 0.5) is 0 Å². The second-order valence-corrected chi connectivity index (χ2v) is 6.29. The fraction of sp³-hybridized carbons (Fsp3) is 0.300. The average molecular weight is 349 g/mol. The number of carbonyl (C=O) groups excluding carboxylic acids is 1. The molecule has 0 bridgehead atoms. The largest absolute Gasteiger partial charge is 0.479 e. The lowest BCUT2D eigenvalue weighted by Crippen LogP contribution is -2.34. The maximum atomic E-state index is 12.3. The van der Waals surface area contributed by atoms with E-state index in [0.29, 0.717) is 24.8 Å². The lowest BCUT2D eigenvalue weighted by molar-refractivity contribution is -0.142. The van der Waals surface area contributed by atoms with Crippen LogP contribution in [0.2, 0.25) is 0 Å². The number of aliphatic carboxylic acids is 1. The number of hydrogen-bond acceptors (Lipinski definition) is 4. The van der Waals surface area contributed by atoms with Crippen LogP contribution in [0.5, 0.6) is 0 Å². The van der Waals surface area contributed by atoms with E-state index in [1.165, 1.54) is 0 Å². The van der Waals surface area contributed by atoms with Gasteiger partial charge in [-0.2, -0.15) is 10.2 Å². The number of carbonyl (C=O) groups is 2. The van der Waals surface area contributed by atoms with Gasteiger partial charge in [0.15, 0.2) is 11.7 Å². The van der Waals surface area contributed by atoms with Crippen LogP contribution in [0.1, 0.15) is 37.3 Å². The lowest BCUT2D eigenvalue weighted by Gasteiger charge is -2.17. The molecule has 0 aromatic heterocycles. The fourth-order valence-electron chi connectivity index (χ4n) is 2.99. The number of benzene rings is 2. The van der Waals surface area contributed by atoms with Crippen molar-refractivity contribution in [2.75, 3.05) is 0 Å². The van der Waals surface area contributed by atoms with Crippen LogP contribution >= 0.6 is 0 Å². The molecule has 0 radical (unpaired) electrons. The first-order valence-corrected chi connectivity index (χ1v) is 8.42. The molecule has 2 N–H and O–H groups in total. The van der Waals surface area contributed by atoms with E-state index in [2.05, 4.69) is 21.5 Å². The van der Waals surface area contributed by atoms with E-state index >= 15 is 0 Å². The van der Waals surface area contributed by atoms with Crippen molar-refractivity contribution >= 4 is 22.6 Å². The van der Waals surface area contributed by atoms with Crippen molar-refractivity contribution in [2.45, 2.75) is 37.4 Å². The van der Waals surface area contributed by atoms with Crippen LogP contribution in [-0.2, 0) is 9.59 Å². The zero-order valence-corrected chi connectivity index (χ0v) is 14.2. The van der Waals surface area contributed by atoms with Gasteiger partial charge in [0.2, 0.25) is 5.91 Å². The molecule has 0 saturated heterocycles. The summed E-state index contributed by atoms with van der Waals surface area (Å²) in [6.07, 6.45) is 6.99. The summed E-state index contributed by atoms with van der Waals surface area (Å²) < 4.78 is 0. The Labute approximate surface area is 151 Å². The van der Waals surface area contributed by atoms with Crippen LogP contribution in [-0.4, -0.2) is 22.6 Å². The molecule has 1 aliphatic heterocycles. The summed E-state index contributed by atoms with van der Waals surface area (Å²) in [7, 11) is 0. The smallest absolute Gasteiger partial charge is 0.330 e. The van der Waals surface area contributed by atoms with Gasteiger partial charge >= 0.3 is 5.97 Å². The first-order valence-electron chi connectivity index (χ1n) is 8.42. The normalized spacial score (nSPS) is 15.2. The molecular formula is C20H19N3O3. The van der Waals surface area contributed by atoms with E-state index in [0.717, 1.165) is 10.8 Å². The molecule has 0 fully saturated rings. The second kappa shape index (κ2) is 7.36. The summed E-state index contributed by atoms with van der Waals surface area (Å²) >= 11 is 0. The van der Waals surface area contributed by atoms with E-state index < -0.39 is 17.7 Å². The quantitative estimate of drug-likeness (QED) is 0.715. The Balaban J connectivity index is 1.70. The Bertz CT molecular complexity index is 903. The highest BCUT2D eigenvalue weighted by Gasteiger charge is 2.39. The number of nitrogens with zero attached hydrogens (tertiary/aromatic N) is 2. The summed E-state index contributed by atoms with van der Waals surface area (Å²) in [5.41, 5.74) is 0.00815. The van der Waals surface area contributed by atoms with Crippen LogP contribution < -0.4 is 5.32 Å². The molecule has 0 aliphatic carbocycles. The SMILES string of the molecule is C#CCCC1(CCC(=O)NC(C(=O)O)c2cccc3ccccc23)N=N1. The topological polar surface area (TPSA) is 91.1 Å². The summed E-state index contributed by atoms with van der Waals surface area (Å²) in [6, 6.07) is 11.8. The van der Waals surface area contributed by atoms with Gasteiger partial charge in [-0.05, 0) is 16.3 Å². The van der Waals surface area contributed by atoms with Crippen molar-refractivity contribution in [3.8, 4) is 12.3 Å². The third-order valence-corrected chi connectivity index (χ3v) is 4.49. The van der Waals surface area contributed by atoms with E-state index in [1.54, 1.807) is 12.1 Å². The van der Waals surface area contributed by atoms with E-state index in [-0.39, 0.29) is 12.3 Å². The first-order chi connectivity index (χ1) is 12.5. The van der Waals surface area contributed by atoms with Gasteiger partial charge in [-0.3, -0.25) is 4.79 Å². The fourth-order valence-corrected chi connectivity index (χ4v) is 2.99. The van der Waals surface area contributed by atoms with Crippen molar-refractivity contribution in [3.63, 3.8) is 0 Å². The monoisotopic (exact) mass is 349 g/mol. The van der Waals surface area contributed by atoms with Crippen LogP contribution in [0.3, 0.4) is 0 Å². The Kier molecular flexibility index (Phi) is 4.99. The Morgan fingerprint density at radius 1 is 1.15 bits per heavy atom. The van der Waals surface area contributed by atoms with Crippen molar-refractivity contribution in [1.82, 2.24) is 5.32 Å². The molecule has 1 heterocycles. The average Bonchev–Trinajstić information content (AvgIpc) is 3.42. The molecule has 1 atom stereocenters. The first kappa shape index (κ1) is 17.6. The summed E-state index contributed by atoms with van der Waals surface area (Å²) in [5.74, 6) is 1.09. The number of nitrogens with one attached hydrogen (secondary N) is 1. The molecule has 2 aromatic carbocycles. The molecule has 1 unspecified atom stereocenters. The Hall–Kier alpha value is -3.20. The standard InChI is InChI=1S/C20H19N3O3/c1-2-3-12-20(22-23-20)13-11-17(24)21-18(19(25)26)16-10-6-8-14-7-4-5-9-15(14)16/h1,4-10,18H,3,11-13H2,(H,21,24)(H,25,26). The molecule has 2 aromatic rings. The summed E-state index contributed by atoms with van der Waals surface area (Å²) in [4.78, 5) is 24.1. The van der Waals surface area contributed by atoms with Crippen molar-refractivity contribution in [1.29, 1.82) is 0 Å². The third-order valence-electron chi connectivity index (χ3n) is 4.49. The number of terminal acetylenes is 1. The minimum Gasteiger partial charge on any atom is -0.479 e. The molecule has 6 heteroatoms. The van der Waals surface area contributed by atoms with Crippen LogP contribution in [0.15, 0.2) is 52.7 Å². The van der Waals surface area contributed by atoms with Gasteiger partial charge in [0.05, 0.1) is 0 Å². The molecule has 3 rings (SSSR count). The molecule has 0 spiro atoms. The zero-order valence-electron chi connectivity index (χ0n) is 14.2. The van der Waals surface area contributed by atoms with Gasteiger partial charge in [-0.15, -0.1) is 12.3 Å². The second-order valence-electron chi connectivity index (χ2n) is 6.29. The third kappa shape index (κ3) is 3.89. The number of rotatable bonds is 8. The van der Waals surface area contributed by atoms with Crippen LogP contribution in [0, 0.1) is 12.3 Å². The number of carboxylic acid groups (broad SMARTS) is 1. The highest BCUT2D eigenvalue weighted by Crippen LogP contribution is 2.37.